The molecule has 1 aromatic rings. The molecule has 1 heterocycles. The summed E-state index contributed by atoms with van der Waals surface area (Å²) in [4.78, 5) is 4.86. The Morgan fingerprint density at radius 2 is 1.95 bits per heavy atom. The number of nitrogens with two attached hydrogens (primary N) is 1. The summed E-state index contributed by atoms with van der Waals surface area (Å²) < 4.78 is 13.5. The second kappa shape index (κ2) is 7.04. The Bertz CT molecular complexity index is 426. The number of piperazine rings is 1. The lowest BCUT2D eigenvalue weighted by atomic mass is 10.0. The van der Waals surface area contributed by atoms with Crippen molar-refractivity contribution in [2.45, 2.75) is 32.7 Å². The normalized spacial score (nSPS) is 18.3. The number of nitrogens with zero attached hydrogens (tertiary/aromatic N) is 2. The SMILES string of the molecule is CCCN1CCN(c2ccc(F)cc2CC(C)N)CC1. The third-order valence-electron chi connectivity index (χ3n) is 3.84. The van der Waals surface area contributed by atoms with Gasteiger partial charge in [-0.1, -0.05) is 6.92 Å². The third kappa shape index (κ3) is 3.93. The predicted octanol–water partition coefficient (Wildman–Crippen LogP) is 2.25. The fourth-order valence-corrected chi connectivity index (χ4v) is 2.90. The standard InChI is InChI=1S/C16H26FN3/c1-3-6-19-7-9-20(10-8-19)16-5-4-15(17)12-14(16)11-13(2)18/h4-5,12-13H,3,6-11,18H2,1-2H3. The molecule has 0 saturated carbocycles. The zero-order valence-corrected chi connectivity index (χ0v) is 12.6. The minimum atomic E-state index is -0.172. The van der Waals surface area contributed by atoms with Crippen LogP contribution in [-0.2, 0) is 6.42 Å². The Labute approximate surface area is 121 Å². The summed E-state index contributed by atoms with van der Waals surface area (Å²) in [7, 11) is 0. The van der Waals surface area contributed by atoms with Gasteiger partial charge >= 0.3 is 0 Å². The van der Waals surface area contributed by atoms with E-state index < -0.39 is 0 Å². The summed E-state index contributed by atoms with van der Waals surface area (Å²) in [5.74, 6) is -0.172. The maximum absolute atomic E-state index is 13.5. The van der Waals surface area contributed by atoms with Crippen molar-refractivity contribution >= 4 is 5.69 Å². The largest absolute Gasteiger partial charge is 0.369 e. The van der Waals surface area contributed by atoms with Gasteiger partial charge in [-0.25, -0.2) is 4.39 Å². The van der Waals surface area contributed by atoms with Crippen LogP contribution in [0.5, 0.6) is 0 Å². The smallest absolute Gasteiger partial charge is 0.123 e. The van der Waals surface area contributed by atoms with Crippen LogP contribution in [0.2, 0.25) is 0 Å². The van der Waals surface area contributed by atoms with Crippen LogP contribution in [0.4, 0.5) is 10.1 Å². The third-order valence-corrected chi connectivity index (χ3v) is 3.84. The summed E-state index contributed by atoms with van der Waals surface area (Å²) in [5, 5.41) is 0. The number of anilines is 1. The lowest BCUT2D eigenvalue weighted by Crippen LogP contribution is -2.46. The molecule has 0 amide bonds. The molecule has 1 saturated heterocycles. The molecule has 2 N–H and O–H groups in total. The van der Waals surface area contributed by atoms with Crippen molar-refractivity contribution in [3.05, 3.63) is 29.6 Å². The van der Waals surface area contributed by atoms with E-state index in [-0.39, 0.29) is 11.9 Å². The van der Waals surface area contributed by atoms with Crippen molar-refractivity contribution in [3.63, 3.8) is 0 Å². The van der Waals surface area contributed by atoms with Crippen LogP contribution in [0.25, 0.3) is 0 Å². The van der Waals surface area contributed by atoms with E-state index in [1.807, 2.05) is 13.0 Å². The summed E-state index contributed by atoms with van der Waals surface area (Å²) in [6.45, 7) is 9.55. The van der Waals surface area contributed by atoms with Gasteiger partial charge < -0.3 is 10.6 Å². The molecule has 1 aliphatic heterocycles. The van der Waals surface area contributed by atoms with Crippen molar-refractivity contribution in [2.24, 2.45) is 5.73 Å². The maximum atomic E-state index is 13.5. The van der Waals surface area contributed by atoms with Crippen LogP contribution in [0, 0.1) is 5.82 Å². The highest BCUT2D eigenvalue weighted by atomic mass is 19.1. The van der Waals surface area contributed by atoms with Gasteiger partial charge in [0.15, 0.2) is 0 Å². The van der Waals surface area contributed by atoms with E-state index in [1.165, 1.54) is 13.0 Å². The molecule has 3 nitrogen and oxygen atoms in total. The van der Waals surface area contributed by atoms with Crippen LogP contribution in [0.3, 0.4) is 0 Å². The molecule has 0 aliphatic carbocycles. The van der Waals surface area contributed by atoms with Crippen molar-refractivity contribution in [3.8, 4) is 0 Å². The van der Waals surface area contributed by atoms with E-state index in [1.54, 1.807) is 12.1 Å². The summed E-state index contributed by atoms with van der Waals surface area (Å²) in [6.07, 6.45) is 1.93. The molecule has 0 bridgehead atoms. The molecule has 112 valence electrons. The van der Waals surface area contributed by atoms with E-state index in [0.29, 0.717) is 0 Å². The monoisotopic (exact) mass is 279 g/mol. The van der Waals surface area contributed by atoms with Crippen molar-refractivity contribution in [1.29, 1.82) is 0 Å². The molecule has 1 unspecified atom stereocenters. The lowest BCUT2D eigenvalue weighted by molar-refractivity contribution is 0.258. The van der Waals surface area contributed by atoms with Gasteiger partial charge in [0, 0.05) is 37.9 Å². The first-order chi connectivity index (χ1) is 9.60. The van der Waals surface area contributed by atoms with Gasteiger partial charge in [-0.3, -0.25) is 4.90 Å². The molecule has 1 aromatic carbocycles. The van der Waals surface area contributed by atoms with Crippen LogP contribution in [0.1, 0.15) is 25.8 Å². The summed E-state index contributed by atoms with van der Waals surface area (Å²) in [6, 6.07) is 5.15. The van der Waals surface area contributed by atoms with E-state index >= 15 is 0 Å². The molecule has 2 rings (SSSR count). The quantitative estimate of drug-likeness (QED) is 0.897. The predicted molar refractivity (Wildman–Crippen MR) is 82.7 cm³/mol. The van der Waals surface area contributed by atoms with Gasteiger partial charge in [0.05, 0.1) is 0 Å². The van der Waals surface area contributed by atoms with Gasteiger partial charge in [-0.2, -0.15) is 0 Å². The molecule has 4 heteroatoms. The molecule has 1 aliphatic rings. The maximum Gasteiger partial charge on any atom is 0.123 e. The zero-order chi connectivity index (χ0) is 14.5. The highest BCUT2D eigenvalue weighted by Crippen LogP contribution is 2.24. The number of benzene rings is 1. The Kier molecular flexibility index (Phi) is 5.38. The highest BCUT2D eigenvalue weighted by Gasteiger charge is 2.19. The highest BCUT2D eigenvalue weighted by molar-refractivity contribution is 5.54. The van der Waals surface area contributed by atoms with Gasteiger partial charge in [-0.05, 0) is 50.1 Å². The van der Waals surface area contributed by atoms with Crippen LogP contribution in [-0.4, -0.2) is 43.7 Å². The first kappa shape index (κ1) is 15.3. The molecule has 0 spiro atoms. The van der Waals surface area contributed by atoms with E-state index in [0.717, 1.165) is 43.9 Å². The molecule has 20 heavy (non-hydrogen) atoms. The zero-order valence-electron chi connectivity index (χ0n) is 12.6. The van der Waals surface area contributed by atoms with Crippen LogP contribution < -0.4 is 10.6 Å². The average Bonchev–Trinajstić information content (AvgIpc) is 2.40. The number of hydrogen-bond acceptors (Lipinski definition) is 3. The molecule has 1 fully saturated rings. The van der Waals surface area contributed by atoms with E-state index in [2.05, 4.69) is 16.7 Å². The molecular formula is C16H26FN3. The number of halogens is 1. The van der Waals surface area contributed by atoms with Gasteiger partial charge in [0.1, 0.15) is 5.82 Å². The molecule has 0 aromatic heterocycles. The van der Waals surface area contributed by atoms with Crippen molar-refractivity contribution in [1.82, 2.24) is 4.90 Å². The minimum Gasteiger partial charge on any atom is -0.369 e. The Morgan fingerprint density at radius 3 is 2.55 bits per heavy atom. The number of hydrogen-bond donors (Lipinski definition) is 1. The fraction of sp³-hybridized carbons (Fsp3) is 0.625. The van der Waals surface area contributed by atoms with Crippen LogP contribution >= 0.6 is 0 Å². The number of rotatable bonds is 5. The molecule has 0 radical (unpaired) electrons. The molecular weight excluding hydrogens is 253 g/mol. The summed E-state index contributed by atoms with van der Waals surface area (Å²) >= 11 is 0. The van der Waals surface area contributed by atoms with E-state index in [4.69, 9.17) is 5.73 Å². The van der Waals surface area contributed by atoms with Gasteiger partial charge in [-0.15, -0.1) is 0 Å². The van der Waals surface area contributed by atoms with E-state index in [9.17, 15) is 4.39 Å². The Balaban J connectivity index is 2.09. The second-order valence-electron chi connectivity index (χ2n) is 5.78. The van der Waals surface area contributed by atoms with Gasteiger partial charge in [0.2, 0.25) is 0 Å². The van der Waals surface area contributed by atoms with Crippen molar-refractivity contribution in [2.75, 3.05) is 37.6 Å². The first-order valence-corrected chi connectivity index (χ1v) is 7.61. The summed E-state index contributed by atoms with van der Waals surface area (Å²) in [5.41, 5.74) is 8.07. The fourth-order valence-electron chi connectivity index (χ4n) is 2.90. The van der Waals surface area contributed by atoms with Crippen LogP contribution in [0.15, 0.2) is 18.2 Å². The Hall–Kier alpha value is -1.13. The van der Waals surface area contributed by atoms with Crippen molar-refractivity contribution < 1.29 is 4.39 Å². The lowest BCUT2D eigenvalue weighted by Gasteiger charge is -2.37. The topological polar surface area (TPSA) is 32.5 Å². The average molecular weight is 279 g/mol. The Morgan fingerprint density at radius 1 is 1.25 bits per heavy atom. The van der Waals surface area contributed by atoms with Gasteiger partial charge in [0.25, 0.3) is 0 Å². The minimum absolute atomic E-state index is 0.0527. The molecule has 1 atom stereocenters. The second-order valence-corrected chi connectivity index (χ2v) is 5.78. The first-order valence-electron chi connectivity index (χ1n) is 7.61.